The van der Waals surface area contributed by atoms with Gasteiger partial charge in [0.2, 0.25) is 17.7 Å². The highest BCUT2D eigenvalue weighted by Crippen LogP contribution is 1.92. The minimum absolute atomic E-state index is 0.00235. The van der Waals surface area contributed by atoms with Crippen LogP contribution in [-0.2, 0) is 9.53 Å². The lowest BCUT2D eigenvalue weighted by atomic mass is 10.4. The fourth-order valence-electron chi connectivity index (χ4n) is 1.13. The molecule has 0 spiro atoms. The van der Waals surface area contributed by atoms with Crippen LogP contribution in [-0.4, -0.2) is 53.8 Å². The van der Waals surface area contributed by atoms with E-state index in [1.54, 1.807) is 7.11 Å². The van der Waals surface area contributed by atoms with Gasteiger partial charge in [0.05, 0.1) is 6.61 Å². The van der Waals surface area contributed by atoms with Crippen LogP contribution in [0, 0.1) is 0 Å². The Morgan fingerprint density at radius 1 is 1.39 bits per heavy atom. The number of aromatic nitrogens is 3. The minimum Gasteiger partial charge on any atom is -0.383 e. The number of rotatable bonds is 7. The first-order valence-electron chi connectivity index (χ1n) is 5.35. The van der Waals surface area contributed by atoms with E-state index >= 15 is 0 Å². The molecule has 0 aliphatic heterocycles. The maximum atomic E-state index is 11.4. The van der Waals surface area contributed by atoms with Crippen molar-refractivity contribution in [3.05, 3.63) is 5.82 Å². The highest BCUT2D eigenvalue weighted by Gasteiger charge is 2.10. The molecule has 1 heterocycles. The summed E-state index contributed by atoms with van der Waals surface area (Å²) in [5, 5.41) is 11.0. The third kappa shape index (κ3) is 4.78. The highest BCUT2D eigenvalue weighted by atomic mass is 16.5. The highest BCUT2D eigenvalue weighted by molar-refractivity contribution is 5.90. The third-order valence-corrected chi connectivity index (χ3v) is 1.98. The van der Waals surface area contributed by atoms with E-state index in [0.29, 0.717) is 13.2 Å². The Kier molecular flexibility index (Phi) is 5.58. The molecule has 18 heavy (non-hydrogen) atoms. The van der Waals surface area contributed by atoms with Gasteiger partial charge in [-0.2, -0.15) is 4.98 Å². The maximum absolute atomic E-state index is 11.4. The van der Waals surface area contributed by atoms with E-state index in [-0.39, 0.29) is 30.6 Å². The first-order valence-corrected chi connectivity index (χ1v) is 5.35. The Morgan fingerprint density at radius 3 is 2.78 bits per heavy atom. The number of methoxy groups -OCH3 is 1. The van der Waals surface area contributed by atoms with Crippen molar-refractivity contribution in [2.45, 2.75) is 6.42 Å². The molecule has 2 amide bonds. The Hall–Kier alpha value is -2.16. The average Bonchev–Trinajstić information content (AvgIpc) is 2.76. The molecule has 0 aliphatic rings. The summed E-state index contributed by atoms with van der Waals surface area (Å²) in [5.74, 6) is -0.599. The lowest BCUT2D eigenvalue weighted by molar-refractivity contribution is -0.121. The lowest BCUT2D eigenvalue weighted by Gasteiger charge is -2.04. The van der Waals surface area contributed by atoms with Gasteiger partial charge in [-0.3, -0.25) is 14.7 Å². The van der Waals surface area contributed by atoms with E-state index in [1.165, 1.54) is 0 Å². The zero-order valence-electron chi connectivity index (χ0n) is 10.0. The van der Waals surface area contributed by atoms with E-state index in [4.69, 9.17) is 10.5 Å². The molecular weight excluding hydrogens is 240 g/mol. The predicted octanol–water partition coefficient (Wildman–Crippen LogP) is -1.73. The second-order valence-corrected chi connectivity index (χ2v) is 3.39. The summed E-state index contributed by atoms with van der Waals surface area (Å²) < 4.78 is 4.78. The average molecular weight is 256 g/mol. The largest absolute Gasteiger partial charge is 0.383 e. The molecule has 0 saturated carbocycles. The summed E-state index contributed by atoms with van der Waals surface area (Å²) in [6.07, 6.45) is 0.180. The smallest absolute Gasteiger partial charge is 0.288 e. The van der Waals surface area contributed by atoms with Gasteiger partial charge in [0.1, 0.15) is 0 Å². The van der Waals surface area contributed by atoms with Crippen LogP contribution >= 0.6 is 0 Å². The lowest BCUT2D eigenvalue weighted by Crippen LogP contribution is -2.32. The van der Waals surface area contributed by atoms with Crippen LogP contribution in [0.4, 0.5) is 5.95 Å². The van der Waals surface area contributed by atoms with Crippen LogP contribution in [0.25, 0.3) is 0 Å². The number of nitrogens with one attached hydrogen (secondary N) is 3. The molecule has 9 heteroatoms. The Bertz CT molecular complexity index is 405. The number of nitrogens with two attached hydrogens (primary N) is 1. The van der Waals surface area contributed by atoms with Crippen molar-refractivity contribution in [1.82, 2.24) is 25.8 Å². The van der Waals surface area contributed by atoms with Gasteiger partial charge in [0.15, 0.2) is 0 Å². The molecule has 0 fully saturated rings. The summed E-state index contributed by atoms with van der Waals surface area (Å²) in [6.45, 7) is 1.11. The van der Waals surface area contributed by atoms with Gasteiger partial charge >= 0.3 is 0 Å². The fourth-order valence-corrected chi connectivity index (χ4v) is 1.13. The minimum atomic E-state index is -0.455. The molecule has 0 bridgehead atoms. The zero-order chi connectivity index (χ0) is 13.4. The molecule has 0 saturated heterocycles. The number of amides is 2. The molecule has 100 valence electrons. The maximum Gasteiger partial charge on any atom is 0.288 e. The van der Waals surface area contributed by atoms with Gasteiger partial charge in [-0.1, -0.05) is 0 Å². The van der Waals surface area contributed by atoms with E-state index in [9.17, 15) is 9.59 Å². The van der Waals surface area contributed by atoms with Gasteiger partial charge in [-0.05, 0) is 0 Å². The number of nitrogen functional groups attached to an aromatic ring is 1. The molecule has 1 aromatic heterocycles. The second kappa shape index (κ2) is 7.22. The monoisotopic (exact) mass is 256 g/mol. The summed E-state index contributed by atoms with van der Waals surface area (Å²) in [7, 11) is 1.55. The number of H-pyrrole nitrogens is 1. The van der Waals surface area contributed by atoms with E-state index in [0.717, 1.165) is 0 Å². The summed E-state index contributed by atoms with van der Waals surface area (Å²) in [4.78, 5) is 26.4. The van der Waals surface area contributed by atoms with Crippen molar-refractivity contribution in [2.75, 3.05) is 32.5 Å². The van der Waals surface area contributed by atoms with Gasteiger partial charge < -0.3 is 21.1 Å². The van der Waals surface area contributed by atoms with Gasteiger partial charge in [0, 0.05) is 26.6 Å². The molecular formula is C9H16N6O3. The van der Waals surface area contributed by atoms with Crippen LogP contribution in [0.15, 0.2) is 0 Å². The second-order valence-electron chi connectivity index (χ2n) is 3.39. The Balaban J connectivity index is 2.17. The standard InChI is InChI=1S/C9H16N6O3/c1-18-5-4-11-6(16)2-3-12-8(17)7-13-9(10)15-14-7/h2-5H2,1H3,(H,11,16)(H,12,17)(H3,10,13,14,15). The quantitative estimate of drug-likeness (QED) is 0.428. The van der Waals surface area contributed by atoms with Crippen LogP contribution in [0.5, 0.6) is 0 Å². The van der Waals surface area contributed by atoms with E-state index in [1.807, 2.05) is 0 Å². The molecule has 0 unspecified atom stereocenters. The zero-order valence-corrected chi connectivity index (χ0v) is 10.0. The molecule has 5 N–H and O–H groups in total. The van der Waals surface area contributed by atoms with E-state index < -0.39 is 5.91 Å². The van der Waals surface area contributed by atoms with Gasteiger partial charge in [0.25, 0.3) is 5.91 Å². The first kappa shape index (κ1) is 13.9. The van der Waals surface area contributed by atoms with Crippen molar-refractivity contribution in [3.63, 3.8) is 0 Å². The number of nitrogens with zero attached hydrogens (tertiary/aromatic N) is 2. The summed E-state index contributed by atoms with van der Waals surface area (Å²) >= 11 is 0. The molecule has 1 aromatic rings. The van der Waals surface area contributed by atoms with E-state index in [2.05, 4.69) is 25.8 Å². The SMILES string of the molecule is COCCNC(=O)CCNC(=O)c1nc(N)n[nH]1. The van der Waals surface area contributed by atoms with Crippen molar-refractivity contribution in [3.8, 4) is 0 Å². The number of carbonyl (C=O) groups excluding carboxylic acids is 2. The molecule has 1 rings (SSSR count). The normalized spacial score (nSPS) is 10.1. The molecule has 0 atom stereocenters. The number of carbonyl (C=O) groups is 2. The van der Waals surface area contributed by atoms with Crippen LogP contribution in [0.3, 0.4) is 0 Å². The van der Waals surface area contributed by atoms with Crippen LogP contribution < -0.4 is 16.4 Å². The molecule has 0 aliphatic carbocycles. The number of anilines is 1. The van der Waals surface area contributed by atoms with Gasteiger partial charge in [-0.25, -0.2) is 0 Å². The predicted molar refractivity (Wildman–Crippen MR) is 62.6 cm³/mol. The van der Waals surface area contributed by atoms with Crippen LogP contribution in [0.2, 0.25) is 0 Å². The summed E-state index contributed by atoms with van der Waals surface area (Å²) in [5.41, 5.74) is 5.25. The Morgan fingerprint density at radius 2 is 2.17 bits per heavy atom. The number of aromatic amines is 1. The fraction of sp³-hybridized carbons (Fsp3) is 0.556. The topological polar surface area (TPSA) is 135 Å². The van der Waals surface area contributed by atoms with Crippen molar-refractivity contribution < 1.29 is 14.3 Å². The van der Waals surface area contributed by atoms with Crippen molar-refractivity contribution in [1.29, 1.82) is 0 Å². The molecule has 0 aromatic carbocycles. The third-order valence-electron chi connectivity index (χ3n) is 1.98. The Labute approximate surface area is 103 Å². The molecule has 9 nitrogen and oxygen atoms in total. The number of ether oxygens (including phenoxy) is 1. The number of hydrogen-bond acceptors (Lipinski definition) is 6. The van der Waals surface area contributed by atoms with Crippen molar-refractivity contribution in [2.24, 2.45) is 0 Å². The van der Waals surface area contributed by atoms with Crippen LogP contribution in [0.1, 0.15) is 17.0 Å². The summed E-state index contributed by atoms with van der Waals surface area (Å²) in [6, 6.07) is 0. The van der Waals surface area contributed by atoms with Gasteiger partial charge in [-0.15, -0.1) is 5.10 Å². The first-order chi connectivity index (χ1) is 8.63. The van der Waals surface area contributed by atoms with Crippen molar-refractivity contribution >= 4 is 17.8 Å². The number of hydrogen-bond donors (Lipinski definition) is 4. The molecule has 0 radical (unpaired) electrons.